The lowest BCUT2D eigenvalue weighted by molar-refractivity contribution is -0.140. The van der Waals surface area contributed by atoms with Crippen LogP contribution in [0.5, 0.6) is 0 Å². The Bertz CT molecular complexity index is 1360. The molecule has 3 aromatic carbocycles. The summed E-state index contributed by atoms with van der Waals surface area (Å²) in [6.45, 7) is 9.94. The third-order valence-electron chi connectivity index (χ3n) is 6.44. The second-order valence-corrected chi connectivity index (χ2v) is 12.1. The van der Waals surface area contributed by atoms with E-state index in [1.807, 2.05) is 65.0 Å². The van der Waals surface area contributed by atoms with Crippen molar-refractivity contribution in [3.05, 3.63) is 95.6 Å². The maximum absolute atomic E-state index is 14.0. The van der Waals surface area contributed by atoms with Gasteiger partial charge in [0.25, 0.3) is 10.0 Å². The highest BCUT2D eigenvalue weighted by atomic mass is 32.2. The van der Waals surface area contributed by atoms with Gasteiger partial charge in [0.05, 0.1) is 10.6 Å². The monoisotopic (exact) mass is 549 g/mol. The van der Waals surface area contributed by atoms with E-state index in [1.165, 1.54) is 17.0 Å². The zero-order valence-corrected chi connectivity index (χ0v) is 24.2. The summed E-state index contributed by atoms with van der Waals surface area (Å²) in [6, 6.07) is 22.1. The number of aryl methyl sites for hydroxylation is 2. The minimum Gasteiger partial charge on any atom is -0.354 e. The minimum absolute atomic E-state index is 0.0890. The van der Waals surface area contributed by atoms with Crippen molar-refractivity contribution in [2.75, 3.05) is 17.4 Å². The fourth-order valence-electron chi connectivity index (χ4n) is 4.26. The molecule has 0 aliphatic heterocycles. The molecule has 8 heteroatoms. The number of nitrogens with zero attached hydrogens (tertiary/aromatic N) is 2. The molecule has 208 valence electrons. The summed E-state index contributed by atoms with van der Waals surface area (Å²) in [6.07, 6.45) is 0.386. The molecule has 2 amide bonds. The quantitative estimate of drug-likeness (QED) is 0.341. The number of amides is 2. The zero-order valence-electron chi connectivity index (χ0n) is 23.4. The SMILES string of the molecule is CC[C@@H](C(=O)NCC(C)C)N(Cc1ccc(C)cc1)C(=O)CN(c1cccc(C)c1)S(=O)(=O)c1ccccc1. The van der Waals surface area contributed by atoms with Crippen LogP contribution in [-0.2, 0) is 26.2 Å². The van der Waals surface area contributed by atoms with E-state index in [9.17, 15) is 18.0 Å². The van der Waals surface area contributed by atoms with Gasteiger partial charge in [-0.05, 0) is 61.6 Å². The van der Waals surface area contributed by atoms with Crippen LogP contribution in [0.15, 0.2) is 83.8 Å². The van der Waals surface area contributed by atoms with E-state index in [1.54, 1.807) is 36.4 Å². The maximum Gasteiger partial charge on any atom is 0.264 e. The fraction of sp³-hybridized carbons (Fsp3) is 0.355. The summed E-state index contributed by atoms with van der Waals surface area (Å²) >= 11 is 0. The van der Waals surface area contributed by atoms with Gasteiger partial charge in [-0.15, -0.1) is 0 Å². The van der Waals surface area contributed by atoms with Crippen LogP contribution in [-0.4, -0.2) is 44.3 Å². The Morgan fingerprint density at radius 2 is 1.54 bits per heavy atom. The topological polar surface area (TPSA) is 86.8 Å². The molecular formula is C31H39N3O4S. The highest BCUT2D eigenvalue weighted by Gasteiger charge is 2.33. The first-order valence-corrected chi connectivity index (χ1v) is 14.7. The molecule has 0 aromatic heterocycles. The Labute approximate surface area is 232 Å². The summed E-state index contributed by atoms with van der Waals surface area (Å²) in [5.74, 6) is -0.455. The van der Waals surface area contributed by atoms with Crippen LogP contribution in [0.2, 0.25) is 0 Å². The Morgan fingerprint density at radius 1 is 0.872 bits per heavy atom. The fourth-order valence-corrected chi connectivity index (χ4v) is 5.69. The lowest BCUT2D eigenvalue weighted by Crippen LogP contribution is -2.52. The van der Waals surface area contributed by atoms with Crippen molar-refractivity contribution >= 4 is 27.5 Å². The van der Waals surface area contributed by atoms with Gasteiger partial charge in [0.1, 0.15) is 12.6 Å². The van der Waals surface area contributed by atoms with E-state index in [0.29, 0.717) is 18.7 Å². The second-order valence-electron chi connectivity index (χ2n) is 10.2. The molecule has 39 heavy (non-hydrogen) atoms. The third kappa shape index (κ3) is 7.93. The van der Waals surface area contributed by atoms with Gasteiger partial charge >= 0.3 is 0 Å². The molecule has 0 heterocycles. The standard InChI is InChI=1S/C31H39N3O4S/c1-6-29(31(36)32-20-23(2)3)33(21-26-17-15-24(4)16-18-26)30(35)22-34(27-12-10-11-25(5)19-27)39(37,38)28-13-8-7-9-14-28/h7-19,23,29H,6,20-22H2,1-5H3,(H,32,36)/t29-/m0/s1. The van der Waals surface area contributed by atoms with Crippen LogP contribution >= 0.6 is 0 Å². The first-order valence-electron chi connectivity index (χ1n) is 13.3. The average Bonchev–Trinajstić information content (AvgIpc) is 2.91. The lowest BCUT2D eigenvalue weighted by atomic mass is 10.1. The molecule has 7 nitrogen and oxygen atoms in total. The predicted octanol–water partition coefficient (Wildman–Crippen LogP) is 5.08. The number of rotatable bonds is 12. The molecule has 0 unspecified atom stereocenters. The summed E-state index contributed by atoms with van der Waals surface area (Å²) in [4.78, 5) is 28.9. The van der Waals surface area contributed by atoms with Gasteiger partial charge in [0.15, 0.2) is 0 Å². The van der Waals surface area contributed by atoms with E-state index in [4.69, 9.17) is 0 Å². The van der Waals surface area contributed by atoms with Crippen molar-refractivity contribution in [2.45, 2.75) is 58.5 Å². The van der Waals surface area contributed by atoms with E-state index in [2.05, 4.69) is 5.32 Å². The van der Waals surface area contributed by atoms with Crippen molar-refractivity contribution < 1.29 is 18.0 Å². The average molecular weight is 550 g/mol. The smallest absolute Gasteiger partial charge is 0.264 e. The highest BCUT2D eigenvalue weighted by molar-refractivity contribution is 7.92. The lowest BCUT2D eigenvalue weighted by Gasteiger charge is -2.33. The molecule has 0 spiro atoms. The van der Waals surface area contributed by atoms with Crippen LogP contribution < -0.4 is 9.62 Å². The molecule has 0 saturated heterocycles. The van der Waals surface area contributed by atoms with Crippen molar-refractivity contribution in [2.24, 2.45) is 5.92 Å². The van der Waals surface area contributed by atoms with Gasteiger partial charge in [-0.2, -0.15) is 0 Å². The number of carbonyl (C=O) groups excluding carboxylic acids is 2. The maximum atomic E-state index is 14.0. The normalized spacial score (nSPS) is 12.2. The van der Waals surface area contributed by atoms with Crippen molar-refractivity contribution in [1.29, 1.82) is 0 Å². The number of benzene rings is 3. The third-order valence-corrected chi connectivity index (χ3v) is 8.23. The Balaban J connectivity index is 2.03. The summed E-state index contributed by atoms with van der Waals surface area (Å²) in [5, 5.41) is 2.95. The van der Waals surface area contributed by atoms with Crippen molar-refractivity contribution in [3.8, 4) is 0 Å². The molecule has 0 radical (unpaired) electrons. The second kappa shape index (κ2) is 13.4. The van der Waals surface area contributed by atoms with Crippen molar-refractivity contribution in [3.63, 3.8) is 0 Å². The number of sulfonamides is 1. The van der Waals surface area contributed by atoms with Gasteiger partial charge in [-0.25, -0.2) is 8.42 Å². The van der Waals surface area contributed by atoms with Gasteiger partial charge in [0, 0.05) is 13.1 Å². The summed E-state index contributed by atoms with van der Waals surface area (Å²) < 4.78 is 28.8. The highest BCUT2D eigenvalue weighted by Crippen LogP contribution is 2.25. The van der Waals surface area contributed by atoms with Gasteiger partial charge in [0.2, 0.25) is 11.8 Å². The Hall–Kier alpha value is -3.65. The predicted molar refractivity (Wildman–Crippen MR) is 156 cm³/mol. The zero-order chi connectivity index (χ0) is 28.6. The number of carbonyl (C=O) groups is 2. The first-order chi connectivity index (χ1) is 18.5. The molecule has 1 N–H and O–H groups in total. The van der Waals surface area contributed by atoms with Crippen LogP contribution in [0.4, 0.5) is 5.69 Å². The van der Waals surface area contributed by atoms with E-state index < -0.39 is 28.5 Å². The minimum atomic E-state index is -4.07. The van der Waals surface area contributed by atoms with Crippen LogP contribution in [0.3, 0.4) is 0 Å². The molecule has 3 aromatic rings. The molecule has 0 fully saturated rings. The molecule has 1 atom stereocenters. The first kappa shape index (κ1) is 29.9. The van der Waals surface area contributed by atoms with Crippen LogP contribution in [0.1, 0.15) is 43.9 Å². The van der Waals surface area contributed by atoms with Gasteiger partial charge in [-0.3, -0.25) is 13.9 Å². The number of hydrogen-bond acceptors (Lipinski definition) is 4. The molecule has 0 aliphatic rings. The largest absolute Gasteiger partial charge is 0.354 e. The molecule has 0 saturated carbocycles. The van der Waals surface area contributed by atoms with E-state index in [0.717, 1.165) is 21.0 Å². The Kier molecular flexibility index (Phi) is 10.3. The van der Waals surface area contributed by atoms with Crippen molar-refractivity contribution in [1.82, 2.24) is 10.2 Å². The summed E-state index contributed by atoms with van der Waals surface area (Å²) in [7, 11) is -4.07. The van der Waals surface area contributed by atoms with Gasteiger partial charge in [-0.1, -0.05) is 80.9 Å². The number of hydrogen-bond donors (Lipinski definition) is 1. The summed E-state index contributed by atoms with van der Waals surface area (Å²) in [5.41, 5.74) is 3.19. The van der Waals surface area contributed by atoms with Crippen LogP contribution in [0.25, 0.3) is 0 Å². The van der Waals surface area contributed by atoms with Crippen LogP contribution in [0, 0.1) is 19.8 Å². The number of anilines is 1. The molecule has 0 aliphatic carbocycles. The molecular weight excluding hydrogens is 510 g/mol. The number of nitrogens with one attached hydrogen (secondary N) is 1. The molecule has 3 rings (SSSR count). The van der Waals surface area contributed by atoms with E-state index >= 15 is 0 Å². The molecule has 0 bridgehead atoms. The van der Waals surface area contributed by atoms with E-state index in [-0.39, 0.29) is 23.3 Å². The Morgan fingerprint density at radius 3 is 2.13 bits per heavy atom. The van der Waals surface area contributed by atoms with Gasteiger partial charge < -0.3 is 10.2 Å².